The molecule has 0 spiro atoms. The lowest BCUT2D eigenvalue weighted by Crippen LogP contribution is -2.11. The molecule has 1 unspecified atom stereocenters. The van der Waals surface area contributed by atoms with Gasteiger partial charge in [0.15, 0.2) is 0 Å². The summed E-state index contributed by atoms with van der Waals surface area (Å²) in [6.07, 6.45) is 0.964. The Morgan fingerprint density at radius 1 is 1.11 bits per heavy atom. The second-order valence-electron chi connectivity index (χ2n) is 4.50. The van der Waals surface area contributed by atoms with E-state index in [1.165, 1.54) is 5.56 Å². The highest BCUT2D eigenvalue weighted by Crippen LogP contribution is 2.30. The van der Waals surface area contributed by atoms with Gasteiger partial charge in [-0.25, -0.2) is 0 Å². The summed E-state index contributed by atoms with van der Waals surface area (Å²) in [5.41, 5.74) is 9.65. The Bertz CT molecular complexity index is 582. The lowest BCUT2D eigenvalue weighted by Gasteiger charge is -2.14. The molecule has 1 aliphatic heterocycles. The Morgan fingerprint density at radius 2 is 1.94 bits per heavy atom. The Hall–Kier alpha value is -1.51. The first-order valence-corrected chi connectivity index (χ1v) is 6.38. The monoisotopic (exact) mass is 259 g/mol. The van der Waals surface area contributed by atoms with Gasteiger partial charge in [0, 0.05) is 11.4 Å². The summed E-state index contributed by atoms with van der Waals surface area (Å²) in [4.78, 5) is 0. The van der Waals surface area contributed by atoms with Crippen LogP contribution in [0.25, 0.3) is 0 Å². The first-order valence-electron chi connectivity index (χ1n) is 6.01. The number of hydrogen-bond donors (Lipinski definition) is 1. The number of nitrogens with two attached hydrogens (primary N) is 1. The normalized spacial score (nSPS) is 15.0. The molecule has 0 radical (unpaired) electrons. The third-order valence-corrected chi connectivity index (χ3v) is 3.52. The van der Waals surface area contributed by atoms with Gasteiger partial charge >= 0.3 is 0 Å². The van der Waals surface area contributed by atoms with Crippen LogP contribution in [0.4, 0.5) is 0 Å². The maximum Gasteiger partial charge on any atom is 0.122 e. The number of halogens is 1. The summed E-state index contributed by atoms with van der Waals surface area (Å²) in [5.74, 6) is 0.983. The van der Waals surface area contributed by atoms with Gasteiger partial charge in [-0.15, -0.1) is 0 Å². The van der Waals surface area contributed by atoms with Gasteiger partial charge in [-0.2, -0.15) is 0 Å². The van der Waals surface area contributed by atoms with E-state index in [0.717, 1.165) is 29.9 Å². The van der Waals surface area contributed by atoms with Crippen molar-refractivity contribution in [3.63, 3.8) is 0 Å². The van der Waals surface area contributed by atoms with Crippen molar-refractivity contribution in [1.82, 2.24) is 0 Å². The molecule has 2 aromatic rings. The van der Waals surface area contributed by atoms with E-state index in [1.807, 2.05) is 36.4 Å². The summed E-state index contributed by atoms with van der Waals surface area (Å²) in [5, 5.41) is 0.715. The minimum Gasteiger partial charge on any atom is -0.493 e. The van der Waals surface area contributed by atoms with Gasteiger partial charge in [0.1, 0.15) is 5.75 Å². The van der Waals surface area contributed by atoms with Gasteiger partial charge in [0.2, 0.25) is 0 Å². The molecule has 3 heteroatoms. The summed E-state index contributed by atoms with van der Waals surface area (Å²) in [7, 11) is 0. The smallest absolute Gasteiger partial charge is 0.122 e. The van der Waals surface area contributed by atoms with Crippen molar-refractivity contribution in [1.29, 1.82) is 0 Å². The van der Waals surface area contributed by atoms with Crippen LogP contribution in [-0.4, -0.2) is 6.61 Å². The highest BCUT2D eigenvalue weighted by atomic mass is 35.5. The number of fused-ring (bicyclic) bond motifs is 1. The topological polar surface area (TPSA) is 35.2 Å². The Labute approximate surface area is 111 Å². The average Bonchev–Trinajstić information content (AvgIpc) is 2.85. The number of benzene rings is 2. The molecule has 0 saturated carbocycles. The highest BCUT2D eigenvalue weighted by Gasteiger charge is 2.15. The van der Waals surface area contributed by atoms with E-state index in [-0.39, 0.29) is 6.04 Å². The molecule has 0 amide bonds. The van der Waals surface area contributed by atoms with Crippen LogP contribution in [0.1, 0.15) is 22.7 Å². The lowest BCUT2D eigenvalue weighted by molar-refractivity contribution is 0.357. The molecule has 2 nitrogen and oxygen atoms in total. The molecule has 0 aliphatic carbocycles. The van der Waals surface area contributed by atoms with Crippen LogP contribution in [-0.2, 0) is 6.42 Å². The fourth-order valence-electron chi connectivity index (χ4n) is 2.29. The van der Waals surface area contributed by atoms with Crippen molar-refractivity contribution in [3.8, 4) is 5.75 Å². The first kappa shape index (κ1) is 11.6. The van der Waals surface area contributed by atoms with Crippen LogP contribution in [0.2, 0.25) is 5.02 Å². The van der Waals surface area contributed by atoms with Crippen molar-refractivity contribution >= 4 is 11.6 Å². The second kappa shape index (κ2) is 4.63. The third-order valence-electron chi connectivity index (χ3n) is 3.28. The quantitative estimate of drug-likeness (QED) is 0.898. The van der Waals surface area contributed by atoms with Gasteiger partial charge in [0.05, 0.1) is 12.6 Å². The van der Waals surface area contributed by atoms with Crippen LogP contribution in [0, 0.1) is 0 Å². The minimum atomic E-state index is -0.144. The van der Waals surface area contributed by atoms with Crippen LogP contribution >= 0.6 is 11.6 Å². The Kier molecular flexibility index (Phi) is 2.98. The third kappa shape index (κ3) is 2.09. The molecule has 2 N–H and O–H groups in total. The summed E-state index contributed by atoms with van der Waals surface area (Å²) in [6, 6.07) is 13.7. The van der Waals surface area contributed by atoms with Crippen molar-refractivity contribution < 1.29 is 4.74 Å². The number of rotatable bonds is 2. The van der Waals surface area contributed by atoms with E-state index in [9.17, 15) is 0 Å². The molecule has 3 rings (SSSR count). The molecule has 1 aliphatic rings. The molecular formula is C15H14ClNO. The molecule has 0 bridgehead atoms. The molecule has 0 aromatic heterocycles. The average molecular weight is 260 g/mol. The van der Waals surface area contributed by atoms with Gasteiger partial charge in [-0.05, 0) is 34.9 Å². The summed E-state index contributed by atoms with van der Waals surface area (Å²) < 4.78 is 5.50. The Balaban J connectivity index is 1.95. The van der Waals surface area contributed by atoms with Gasteiger partial charge < -0.3 is 10.5 Å². The van der Waals surface area contributed by atoms with Gasteiger partial charge in [-0.1, -0.05) is 35.9 Å². The van der Waals surface area contributed by atoms with E-state index in [0.29, 0.717) is 5.02 Å². The van der Waals surface area contributed by atoms with Crippen molar-refractivity contribution in [2.45, 2.75) is 12.5 Å². The predicted octanol–water partition coefficient (Wildman–Crippen LogP) is 3.32. The molecule has 2 aromatic carbocycles. The summed E-state index contributed by atoms with van der Waals surface area (Å²) >= 11 is 5.99. The maximum absolute atomic E-state index is 6.28. The first-order chi connectivity index (χ1) is 8.74. The molecule has 92 valence electrons. The van der Waals surface area contributed by atoms with E-state index < -0.39 is 0 Å². The van der Waals surface area contributed by atoms with E-state index in [1.54, 1.807) is 0 Å². The molecular weight excluding hydrogens is 246 g/mol. The molecule has 18 heavy (non-hydrogen) atoms. The number of ether oxygens (including phenoxy) is 1. The van der Waals surface area contributed by atoms with Crippen LogP contribution < -0.4 is 10.5 Å². The minimum absolute atomic E-state index is 0.144. The van der Waals surface area contributed by atoms with Crippen molar-refractivity contribution in [2.24, 2.45) is 5.73 Å². The van der Waals surface area contributed by atoms with Crippen molar-refractivity contribution in [2.75, 3.05) is 6.61 Å². The second-order valence-corrected chi connectivity index (χ2v) is 4.93. The number of hydrogen-bond acceptors (Lipinski definition) is 2. The lowest BCUT2D eigenvalue weighted by atomic mass is 9.97. The van der Waals surface area contributed by atoms with E-state index in [4.69, 9.17) is 22.1 Å². The van der Waals surface area contributed by atoms with E-state index >= 15 is 0 Å². The molecule has 0 saturated heterocycles. The highest BCUT2D eigenvalue weighted by molar-refractivity contribution is 6.30. The SMILES string of the molecule is NC(c1cccc(Cl)c1)c1ccc2c(c1)CCO2. The standard InChI is InChI=1S/C15H14ClNO/c16-13-3-1-2-11(9-13)15(17)12-4-5-14-10(8-12)6-7-18-14/h1-5,8-9,15H,6-7,17H2. The zero-order valence-electron chi connectivity index (χ0n) is 9.90. The largest absolute Gasteiger partial charge is 0.493 e. The van der Waals surface area contributed by atoms with Crippen molar-refractivity contribution in [3.05, 3.63) is 64.2 Å². The van der Waals surface area contributed by atoms with Gasteiger partial charge in [0.25, 0.3) is 0 Å². The molecule has 1 atom stereocenters. The molecule has 0 fully saturated rings. The fourth-order valence-corrected chi connectivity index (χ4v) is 2.49. The summed E-state index contributed by atoms with van der Waals surface area (Å²) in [6.45, 7) is 0.769. The Morgan fingerprint density at radius 3 is 2.78 bits per heavy atom. The maximum atomic E-state index is 6.28. The van der Waals surface area contributed by atoms with Crippen LogP contribution in [0.5, 0.6) is 5.75 Å². The fraction of sp³-hybridized carbons (Fsp3) is 0.200. The van der Waals surface area contributed by atoms with E-state index in [2.05, 4.69) is 6.07 Å². The molecule has 1 heterocycles. The zero-order chi connectivity index (χ0) is 12.5. The predicted molar refractivity (Wildman–Crippen MR) is 73.1 cm³/mol. The zero-order valence-corrected chi connectivity index (χ0v) is 10.7. The van der Waals surface area contributed by atoms with Crippen LogP contribution in [0.3, 0.4) is 0 Å². The van der Waals surface area contributed by atoms with Gasteiger partial charge in [-0.3, -0.25) is 0 Å². The van der Waals surface area contributed by atoms with Crippen LogP contribution in [0.15, 0.2) is 42.5 Å².